The van der Waals surface area contributed by atoms with Crippen LogP contribution in [0.15, 0.2) is 71.0 Å². The zero-order valence-electron chi connectivity index (χ0n) is 18.3. The van der Waals surface area contributed by atoms with Crippen molar-refractivity contribution in [2.45, 2.75) is 31.1 Å². The van der Waals surface area contributed by atoms with Crippen molar-refractivity contribution in [3.05, 3.63) is 72.6 Å². The Bertz CT molecular complexity index is 1220. The van der Waals surface area contributed by atoms with Gasteiger partial charge in [0, 0.05) is 26.2 Å². The minimum Gasteiger partial charge on any atom is 0 e. The maximum Gasteiger partial charge on any atom is 0 e. The topological polar surface area (TPSA) is 63.3 Å². The van der Waals surface area contributed by atoms with E-state index in [0.29, 0.717) is 0 Å². The number of allylic oxidation sites excluding steroid dienone is 2. The van der Waals surface area contributed by atoms with Gasteiger partial charge in [-0.3, -0.25) is 4.79 Å². The zero-order valence-corrected chi connectivity index (χ0v) is 22.8. The van der Waals surface area contributed by atoms with E-state index in [1.807, 2.05) is 36.5 Å². The summed E-state index contributed by atoms with van der Waals surface area (Å²) in [5.41, 5.74) is 3.74. The van der Waals surface area contributed by atoms with Crippen molar-refractivity contribution in [1.82, 2.24) is 4.98 Å². The van der Waals surface area contributed by atoms with Gasteiger partial charge in [0.25, 0.3) is 0 Å². The summed E-state index contributed by atoms with van der Waals surface area (Å²) in [6.07, 6.45) is 3.03. The summed E-state index contributed by atoms with van der Waals surface area (Å²) in [6.45, 7) is 2.85. The third-order valence-electron chi connectivity index (χ3n) is 4.60. The Balaban J connectivity index is 0.000000373. The molecule has 0 saturated heterocycles. The normalized spacial score (nSPS) is 11.6. The van der Waals surface area contributed by atoms with Crippen molar-refractivity contribution in [3.63, 3.8) is 0 Å². The standard InChI is InChI=1S/C20H18GeNO.C5H8O2.Ir/c1-21(2,3)17-11-7-10-15-16-12-13-22-18(20(16)23-19(15)17)14-8-5-4-6-9-14;1-4(6)3-5(2)7;/h4-8,10-13H,1-3H3;3,6H,1-2H3;/q-1;;/b;4-3-;. The number of nitrogens with zero attached hydrogens (tertiary/aromatic N) is 1. The molecule has 2 aromatic heterocycles. The van der Waals surface area contributed by atoms with Gasteiger partial charge in [0.05, 0.1) is 5.76 Å². The number of rotatable bonds is 3. The smallest absolute Gasteiger partial charge is 0 e. The molecule has 2 heterocycles. The molecule has 0 unspecified atom stereocenters. The van der Waals surface area contributed by atoms with Gasteiger partial charge in [-0.05, 0) is 13.8 Å². The van der Waals surface area contributed by atoms with E-state index in [4.69, 9.17) is 9.52 Å². The molecule has 1 radical (unpaired) electrons. The number of furan rings is 1. The summed E-state index contributed by atoms with van der Waals surface area (Å²) in [6, 6.07) is 19.7. The van der Waals surface area contributed by atoms with Crippen molar-refractivity contribution < 1.29 is 34.4 Å². The number of hydrogen-bond donors (Lipinski definition) is 1. The molecule has 0 amide bonds. The summed E-state index contributed by atoms with van der Waals surface area (Å²) >= 11 is -2.01. The molecule has 4 rings (SSSR count). The van der Waals surface area contributed by atoms with Crippen molar-refractivity contribution in [2.24, 2.45) is 0 Å². The second-order valence-corrected chi connectivity index (χ2v) is 18.8. The quantitative estimate of drug-likeness (QED) is 0.127. The van der Waals surface area contributed by atoms with Gasteiger partial charge in [-0.2, -0.15) is 0 Å². The van der Waals surface area contributed by atoms with Gasteiger partial charge in [-0.1, -0.05) is 0 Å². The number of carbonyl (C=O) groups is 1. The second-order valence-electron chi connectivity index (χ2n) is 8.24. The Kier molecular flexibility index (Phi) is 8.41. The third kappa shape index (κ3) is 5.94. The van der Waals surface area contributed by atoms with Crippen LogP contribution >= 0.6 is 0 Å². The summed E-state index contributed by atoms with van der Waals surface area (Å²) in [5, 5.41) is 10.7. The number of fused-ring (bicyclic) bond motifs is 3. The van der Waals surface area contributed by atoms with Gasteiger partial charge in [0.1, 0.15) is 0 Å². The molecular formula is C25H26GeIrNO3-. The number of carbonyl (C=O) groups excluding carboxylic acids is 1. The Hall–Kier alpha value is -2.21. The molecule has 0 fully saturated rings. The number of hydrogen-bond acceptors (Lipinski definition) is 4. The maximum atomic E-state index is 10.0. The molecule has 0 saturated carbocycles. The molecule has 163 valence electrons. The van der Waals surface area contributed by atoms with Crippen molar-refractivity contribution in [3.8, 4) is 11.3 Å². The molecule has 4 aromatic rings. The van der Waals surface area contributed by atoms with Crippen LogP contribution in [0.1, 0.15) is 13.8 Å². The van der Waals surface area contributed by atoms with Crippen molar-refractivity contribution in [1.29, 1.82) is 0 Å². The van der Waals surface area contributed by atoms with E-state index in [1.54, 1.807) is 0 Å². The number of benzene rings is 2. The van der Waals surface area contributed by atoms with E-state index in [-0.39, 0.29) is 31.6 Å². The van der Waals surface area contributed by atoms with Gasteiger partial charge in [-0.25, -0.2) is 0 Å². The fourth-order valence-electron chi connectivity index (χ4n) is 3.34. The van der Waals surface area contributed by atoms with Crippen LogP contribution < -0.4 is 4.40 Å². The average molecular weight is 653 g/mol. The van der Waals surface area contributed by atoms with E-state index in [2.05, 4.69) is 46.5 Å². The first-order chi connectivity index (χ1) is 14.2. The predicted octanol–water partition coefficient (Wildman–Crippen LogP) is 6.03. The summed E-state index contributed by atoms with van der Waals surface area (Å²) in [7, 11) is 0. The van der Waals surface area contributed by atoms with Crippen LogP contribution in [0, 0.1) is 6.07 Å². The van der Waals surface area contributed by atoms with E-state index in [0.717, 1.165) is 27.8 Å². The largest absolute Gasteiger partial charge is 0 e. The number of aliphatic hydroxyl groups is 1. The molecule has 0 aliphatic rings. The summed E-state index contributed by atoms with van der Waals surface area (Å²) in [5.74, 6) is 7.12. The van der Waals surface area contributed by atoms with E-state index < -0.39 is 13.3 Å². The number of para-hydroxylation sites is 1. The number of aromatic nitrogens is 1. The minimum atomic E-state index is -2.01. The number of pyridine rings is 1. The van der Waals surface area contributed by atoms with Gasteiger partial charge in [0.15, 0.2) is 5.78 Å². The number of ketones is 1. The molecule has 0 bridgehead atoms. The first-order valence-corrected chi connectivity index (χ1v) is 17.2. The zero-order chi connectivity index (χ0) is 21.9. The Labute approximate surface area is 199 Å². The van der Waals surface area contributed by atoms with Crippen LogP contribution in [-0.2, 0) is 24.9 Å². The van der Waals surface area contributed by atoms with E-state index in [9.17, 15) is 4.79 Å². The number of aliphatic hydroxyl groups excluding tert-OH is 1. The van der Waals surface area contributed by atoms with Crippen LogP contribution in [0.25, 0.3) is 33.2 Å². The predicted molar refractivity (Wildman–Crippen MR) is 126 cm³/mol. The first kappa shape index (κ1) is 25.1. The fraction of sp³-hybridized carbons (Fsp3) is 0.200. The van der Waals surface area contributed by atoms with Crippen LogP contribution in [0.3, 0.4) is 0 Å². The molecule has 0 atom stereocenters. The molecule has 1 N–H and O–H groups in total. The Morgan fingerprint density at radius 3 is 2.29 bits per heavy atom. The average Bonchev–Trinajstić information content (AvgIpc) is 3.06. The fourth-order valence-corrected chi connectivity index (χ4v) is 6.41. The first-order valence-electron chi connectivity index (χ1n) is 9.84. The van der Waals surface area contributed by atoms with Crippen LogP contribution in [0.2, 0.25) is 17.3 Å². The van der Waals surface area contributed by atoms with Crippen molar-refractivity contribution >= 4 is 45.4 Å². The van der Waals surface area contributed by atoms with Crippen LogP contribution in [0.4, 0.5) is 0 Å². The molecule has 0 spiro atoms. The molecule has 0 aliphatic carbocycles. The van der Waals surface area contributed by atoms with Gasteiger partial charge in [0.2, 0.25) is 0 Å². The Morgan fingerprint density at radius 2 is 1.74 bits per heavy atom. The molecule has 31 heavy (non-hydrogen) atoms. The maximum absolute atomic E-state index is 10.0. The van der Waals surface area contributed by atoms with E-state index in [1.165, 1.54) is 29.7 Å². The van der Waals surface area contributed by atoms with Crippen LogP contribution in [-0.4, -0.2) is 29.1 Å². The SMILES string of the molecule is CC(=O)/C=C(/C)O.[CH3][Ge]([CH3])([CH3])[c]1cccc2c1oc1c(-c3[c-]cccc3)nccc12.[Ir]. The monoisotopic (exact) mass is 655 g/mol. The Morgan fingerprint density at radius 1 is 1.03 bits per heavy atom. The van der Waals surface area contributed by atoms with Gasteiger partial charge in [-0.15, -0.1) is 0 Å². The third-order valence-corrected chi connectivity index (χ3v) is 8.81. The van der Waals surface area contributed by atoms with Crippen molar-refractivity contribution in [2.75, 3.05) is 0 Å². The van der Waals surface area contributed by atoms with Gasteiger partial charge < -0.3 is 5.11 Å². The molecule has 0 aliphatic heterocycles. The summed E-state index contributed by atoms with van der Waals surface area (Å²) in [4.78, 5) is 14.6. The minimum absolute atomic E-state index is 0. The van der Waals surface area contributed by atoms with Crippen LogP contribution in [0.5, 0.6) is 0 Å². The molecule has 2 aromatic carbocycles. The molecular weight excluding hydrogens is 627 g/mol. The molecule has 4 nitrogen and oxygen atoms in total. The van der Waals surface area contributed by atoms with Gasteiger partial charge >= 0.3 is 138 Å². The molecule has 6 heteroatoms. The summed E-state index contributed by atoms with van der Waals surface area (Å²) < 4.78 is 7.76. The second kappa shape index (κ2) is 10.4. The van der Waals surface area contributed by atoms with E-state index >= 15 is 0 Å².